The van der Waals surface area contributed by atoms with Crippen LogP contribution in [-0.4, -0.2) is 87.1 Å². The molecule has 0 atom stereocenters. The number of rotatable bonds is 29. The standard InChI is InChI=1S/C23H19FN2O.C23H20N2O.C22H21FN2O.C22H22N2O.C21H19FN2O/c1-3-17-7-5-8-19(11-17)23(27)14-18-12-20(24)15-22(13-18)26(4-2)21-9-6-10-25-16-21;1-3-18-8-5-10-20(14-18)23(26)16-19-9-6-11-21(15-19)25(4-2)22-12-7-13-24-17-22;1-3-25(20-8-5-9-24-15-20)21-12-17(11-19(23)14-21)13-22(26)18-7-4-6-16(2)10-18;1-3-24(21-11-6-12-23-16-21)20-10-5-8-18(14-20)15-22(25)19-9-4-7-17(2)13-19;1-15-5-3-7-17(9-15)21(25)11-16-6-4-8-19(10-16)24(2)20-12-18(22)13-23-14-20/h1,5-13,15-16H,4,14H2,2H3;1,5-15,17H,4,16H2,2H3;4-12,14-15H,3,13H2,1-2H3;4-14,16H,3,15H2,1-2H3;3-10,12-14H,11H2,1-2H3. The van der Waals surface area contributed by atoms with Crippen molar-refractivity contribution in [3.8, 4) is 24.7 Å². The number of anilines is 10. The summed E-state index contributed by atoms with van der Waals surface area (Å²) < 4.78 is 41.8. The van der Waals surface area contributed by atoms with Crippen molar-refractivity contribution in [3.63, 3.8) is 0 Å². The lowest BCUT2D eigenvalue weighted by molar-refractivity contribution is 0.0984. The fraction of sp³-hybridized carbons (Fsp3) is 0.153. The number of Topliss-reactive ketones (excluding diaryl/α,β-unsaturated/α-hetero) is 5. The molecule has 5 heterocycles. The summed E-state index contributed by atoms with van der Waals surface area (Å²) in [5.74, 6) is 4.14. The van der Waals surface area contributed by atoms with Crippen LogP contribution in [0.5, 0.6) is 0 Å². The number of ketones is 5. The molecule has 0 bridgehead atoms. The molecule has 10 aromatic carbocycles. The van der Waals surface area contributed by atoms with Gasteiger partial charge in [0.15, 0.2) is 28.9 Å². The maximum atomic E-state index is 14.2. The van der Waals surface area contributed by atoms with Crippen molar-refractivity contribution >= 4 is 85.8 Å². The van der Waals surface area contributed by atoms with E-state index in [2.05, 4.69) is 78.6 Å². The molecule has 0 radical (unpaired) electrons. The van der Waals surface area contributed by atoms with E-state index in [-0.39, 0.29) is 59.2 Å². The molecule has 5 aromatic heterocycles. The second kappa shape index (κ2) is 47.3. The van der Waals surface area contributed by atoms with Gasteiger partial charge in [-0.2, -0.15) is 0 Å². The van der Waals surface area contributed by atoms with Crippen molar-refractivity contribution < 1.29 is 37.1 Å². The molecular formula is C111H101F3N10O5. The zero-order valence-corrected chi connectivity index (χ0v) is 73.6. The van der Waals surface area contributed by atoms with Gasteiger partial charge in [-0.15, -0.1) is 12.8 Å². The molecule has 0 aliphatic rings. The smallest absolute Gasteiger partial charge is 0.167 e. The highest BCUT2D eigenvalue weighted by Gasteiger charge is 2.20. The molecular weight excluding hydrogens is 1610 g/mol. The Morgan fingerprint density at radius 2 is 0.543 bits per heavy atom. The van der Waals surface area contributed by atoms with Crippen molar-refractivity contribution in [2.24, 2.45) is 0 Å². The highest BCUT2D eigenvalue weighted by molar-refractivity contribution is 6.01. The largest absolute Gasteiger partial charge is 0.343 e. The number of halogens is 3. The van der Waals surface area contributed by atoms with Crippen molar-refractivity contribution in [3.05, 3.63) is 448 Å². The molecule has 129 heavy (non-hydrogen) atoms. The fourth-order valence-corrected chi connectivity index (χ4v) is 14.6. The highest BCUT2D eigenvalue weighted by Crippen LogP contribution is 2.33. The van der Waals surface area contributed by atoms with Crippen molar-refractivity contribution in [1.29, 1.82) is 0 Å². The number of carbonyl (C=O) groups excluding carboxylic acids is 5. The summed E-state index contributed by atoms with van der Waals surface area (Å²) in [5.41, 5.74) is 20.9. The number of hydrogen-bond acceptors (Lipinski definition) is 15. The van der Waals surface area contributed by atoms with Gasteiger partial charge in [-0.25, -0.2) is 13.2 Å². The number of terminal acetylenes is 2. The predicted molar refractivity (Wildman–Crippen MR) is 515 cm³/mol. The van der Waals surface area contributed by atoms with E-state index in [1.807, 2.05) is 263 Å². The van der Waals surface area contributed by atoms with E-state index in [1.54, 1.807) is 85.8 Å². The van der Waals surface area contributed by atoms with Crippen LogP contribution >= 0.6 is 0 Å². The van der Waals surface area contributed by atoms with Crippen molar-refractivity contribution in [2.75, 3.05) is 57.7 Å². The van der Waals surface area contributed by atoms with Gasteiger partial charge in [0.2, 0.25) is 0 Å². The van der Waals surface area contributed by atoms with E-state index < -0.39 is 0 Å². The van der Waals surface area contributed by atoms with Gasteiger partial charge in [0, 0.05) is 164 Å². The lowest BCUT2D eigenvalue weighted by atomic mass is 10.0. The zero-order valence-electron chi connectivity index (χ0n) is 73.6. The van der Waals surface area contributed by atoms with E-state index >= 15 is 0 Å². The van der Waals surface area contributed by atoms with Crippen LogP contribution in [0.25, 0.3) is 0 Å². The lowest BCUT2D eigenvalue weighted by Crippen LogP contribution is -2.17. The minimum atomic E-state index is -0.380. The molecule has 15 rings (SSSR count). The summed E-state index contributed by atoms with van der Waals surface area (Å²) in [6.45, 7) is 17.1. The number of hydrogen-bond donors (Lipinski definition) is 0. The van der Waals surface area contributed by atoms with E-state index in [0.29, 0.717) is 88.4 Å². The lowest BCUT2D eigenvalue weighted by Gasteiger charge is -2.23. The minimum absolute atomic E-state index is 0.0188. The van der Waals surface area contributed by atoms with Crippen molar-refractivity contribution in [1.82, 2.24) is 24.9 Å². The summed E-state index contributed by atoms with van der Waals surface area (Å²) >= 11 is 0. The first kappa shape index (κ1) is 93.9. The SMILES string of the molecule is C#Cc1cccc(C(=O)Cc2cc(F)cc(N(CC)c3cccnc3)c2)c1.C#Cc1cccc(C(=O)Cc2cccc(N(CC)c3cccnc3)c2)c1.CCN(c1cccnc1)c1cc(F)cc(CC(=O)c2cccc(C)c2)c1.CCN(c1cccnc1)c1cccc(CC(=O)c2cccc(C)c2)c1.Cc1cccc(C(=O)Cc2cccc(N(C)c3cncc(F)c3)c2)c1. The fourth-order valence-electron chi connectivity index (χ4n) is 14.6. The van der Waals surface area contributed by atoms with Gasteiger partial charge in [0.25, 0.3) is 0 Å². The molecule has 15 nitrogen and oxygen atoms in total. The molecule has 0 aliphatic heterocycles. The van der Waals surface area contributed by atoms with E-state index in [9.17, 15) is 37.1 Å². The molecule has 15 aromatic rings. The van der Waals surface area contributed by atoms with E-state index in [1.165, 1.54) is 36.5 Å². The zero-order chi connectivity index (χ0) is 91.6. The van der Waals surface area contributed by atoms with E-state index in [0.717, 1.165) is 97.4 Å². The maximum absolute atomic E-state index is 14.2. The summed E-state index contributed by atoms with van der Waals surface area (Å²) in [6, 6.07) is 87.2. The average molecular weight is 1710 g/mol. The summed E-state index contributed by atoms with van der Waals surface area (Å²) in [7, 11) is 1.85. The quantitative estimate of drug-likeness (QED) is 0.0321. The second-order valence-corrected chi connectivity index (χ2v) is 30.4. The molecule has 0 spiro atoms. The summed E-state index contributed by atoms with van der Waals surface area (Å²) in [5, 5.41) is 0. The predicted octanol–water partition coefficient (Wildman–Crippen LogP) is 24.2. The van der Waals surface area contributed by atoms with Gasteiger partial charge < -0.3 is 24.5 Å². The third-order valence-corrected chi connectivity index (χ3v) is 21.0. The van der Waals surface area contributed by atoms with Crippen LogP contribution in [0.4, 0.5) is 70.0 Å². The van der Waals surface area contributed by atoms with Gasteiger partial charge in [-0.1, -0.05) is 144 Å². The first-order valence-electron chi connectivity index (χ1n) is 42.5. The molecule has 0 saturated heterocycles. The first-order valence-corrected chi connectivity index (χ1v) is 42.5. The maximum Gasteiger partial charge on any atom is 0.167 e. The minimum Gasteiger partial charge on any atom is -0.343 e. The Morgan fingerprint density at radius 3 is 0.853 bits per heavy atom. The molecule has 0 aliphatic carbocycles. The van der Waals surface area contributed by atoms with Crippen molar-refractivity contribution in [2.45, 2.75) is 80.6 Å². The Labute approximate surface area is 754 Å². The van der Waals surface area contributed by atoms with Crippen LogP contribution in [0.15, 0.2) is 347 Å². The first-order chi connectivity index (χ1) is 62.6. The number of aryl methyl sites for hydroxylation is 3. The Balaban J connectivity index is 0.000000156. The van der Waals surface area contributed by atoms with Crippen LogP contribution in [0.3, 0.4) is 0 Å². The van der Waals surface area contributed by atoms with E-state index in [4.69, 9.17) is 12.8 Å². The number of benzene rings is 10. The second-order valence-electron chi connectivity index (χ2n) is 30.4. The van der Waals surface area contributed by atoms with Crippen LogP contribution in [0, 0.1) is 62.9 Å². The topological polar surface area (TPSA) is 166 Å². The highest BCUT2D eigenvalue weighted by atomic mass is 19.1. The summed E-state index contributed by atoms with van der Waals surface area (Å²) in [6.07, 6.45) is 29.0. The Hall–Kier alpha value is -15.8. The number of nitrogens with zero attached hydrogens (tertiary/aromatic N) is 10. The number of carbonyl (C=O) groups is 5. The number of aromatic nitrogens is 5. The molecule has 0 saturated carbocycles. The Morgan fingerprint density at radius 1 is 0.271 bits per heavy atom. The monoisotopic (exact) mass is 1710 g/mol. The molecule has 0 unspecified atom stereocenters. The number of pyridine rings is 5. The molecule has 646 valence electrons. The Kier molecular flexibility index (Phi) is 34.5. The molecule has 18 heteroatoms. The van der Waals surface area contributed by atoms with Crippen LogP contribution in [0.2, 0.25) is 0 Å². The summed E-state index contributed by atoms with van der Waals surface area (Å²) in [4.78, 5) is 93.5. The third kappa shape index (κ3) is 27.6. The van der Waals surface area contributed by atoms with Gasteiger partial charge >= 0.3 is 0 Å². The molecule has 0 fully saturated rings. The van der Waals surface area contributed by atoms with Gasteiger partial charge in [-0.05, 0) is 240 Å². The van der Waals surface area contributed by atoms with Crippen LogP contribution in [0.1, 0.15) is 135 Å². The van der Waals surface area contributed by atoms with Gasteiger partial charge in [0.1, 0.15) is 17.5 Å². The molecule has 0 N–H and O–H groups in total. The van der Waals surface area contributed by atoms with Crippen LogP contribution < -0.4 is 24.5 Å². The van der Waals surface area contributed by atoms with Gasteiger partial charge in [0.05, 0.1) is 65.6 Å². The third-order valence-electron chi connectivity index (χ3n) is 21.0. The van der Waals surface area contributed by atoms with Gasteiger partial charge in [-0.3, -0.25) is 48.9 Å². The van der Waals surface area contributed by atoms with Crippen LogP contribution in [-0.2, 0) is 32.1 Å². The normalized spacial score (nSPS) is 10.4. The Bertz CT molecular complexity index is 6400. The molecule has 0 amide bonds. The average Bonchev–Trinajstić information content (AvgIpc) is 0.843.